The maximum Gasteiger partial charge on any atom is 0.0723 e. The zero-order chi connectivity index (χ0) is 14.2. The van der Waals surface area contributed by atoms with Gasteiger partial charge in [-0.1, -0.05) is 31.0 Å². The second-order valence-electron chi connectivity index (χ2n) is 6.45. The summed E-state index contributed by atoms with van der Waals surface area (Å²) in [6.07, 6.45) is 8.85. The highest BCUT2D eigenvalue weighted by atomic mass is 15.2. The molecule has 0 radical (unpaired) electrons. The van der Waals surface area contributed by atoms with E-state index in [2.05, 4.69) is 34.1 Å². The van der Waals surface area contributed by atoms with Gasteiger partial charge in [0.15, 0.2) is 0 Å². The topological polar surface area (TPSA) is 42.1 Å². The Hall–Kier alpha value is -1.61. The molecule has 1 aliphatic heterocycles. The van der Waals surface area contributed by atoms with Crippen molar-refractivity contribution in [3.8, 4) is 0 Å². The van der Waals surface area contributed by atoms with Crippen LogP contribution in [0.15, 0.2) is 30.5 Å². The number of fused-ring (bicyclic) bond motifs is 2. The maximum absolute atomic E-state index is 6.01. The Morgan fingerprint density at radius 2 is 2.00 bits per heavy atom. The Morgan fingerprint density at radius 3 is 2.90 bits per heavy atom. The lowest BCUT2D eigenvalue weighted by molar-refractivity contribution is 0.342. The van der Waals surface area contributed by atoms with Crippen molar-refractivity contribution in [2.24, 2.45) is 11.7 Å². The summed E-state index contributed by atoms with van der Waals surface area (Å²) in [5, 5.41) is 1.27. The molecule has 110 valence electrons. The van der Waals surface area contributed by atoms with Crippen LogP contribution in [0.5, 0.6) is 0 Å². The molecule has 0 spiro atoms. The SMILES string of the molecule is NCc1cnc2ccccc2c1N1CCC2CCCCC21. The maximum atomic E-state index is 6.01. The van der Waals surface area contributed by atoms with Crippen LogP contribution in [0.1, 0.15) is 37.7 Å². The summed E-state index contributed by atoms with van der Waals surface area (Å²) in [5.41, 5.74) is 9.65. The lowest BCUT2D eigenvalue weighted by Crippen LogP contribution is -2.35. The first kappa shape index (κ1) is 13.1. The van der Waals surface area contributed by atoms with Crippen molar-refractivity contribution in [2.45, 2.75) is 44.7 Å². The number of pyridine rings is 1. The van der Waals surface area contributed by atoms with E-state index in [9.17, 15) is 0 Å². The van der Waals surface area contributed by atoms with Crippen LogP contribution in [0.4, 0.5) is 5.69 Å². The monoisotopic (exact) mass is 281 g/mol. The van der Waals surface area contributed by atoms with Gasteiger partial charge < -0.3 is 10.6 Å². The molecule has 0 bridgehead atoms. The van der Waals surface area contributed by atoms with Crippen molar-refractivity contribution in [1.29, 1.82) is 0 Å². The molecule has 2 unspecified atom stereocenters. The molecule has 1 aromatic carbocycles. The van der Waals surface area contributed by atoms with Gasteiger partial charge in [0, 0.05) is 36.3 Å². The van der Waals surface area contributed by atoms with Crippen LogP contribution in [-0.4, -0.2) is 17.6 Å². The highest BCUT2D eigenvalue weighted by Gasteiger charge is 2.37. The Kier molecular flexibility index (Phi) is 3.30. The number of rotatable bonds is 2. The molecule has 2 fully saturated rings. The highest BCUT2D eigenvalue weighted by Crippen LogP contribution is 2.42. The van der Waals surface area contributed by atoms with Crippen molar-refractivity contribution < 1.29 is 0 Å². The smallest absolute Gasteiger partial charge is 0.0723 e. The van der Waals surface area contributed by atoms with Gasteiger partial charge in [0.05, 0.1) is 11.2 Å². The van der Waals surface area contributed by atoms with Crippen molar-refractivity contribution in [2.75, 3.05) is 11.4 Å². The molecule has 2 aromatic rings. The number of nitrogens with zero attached hydrogens (tertiary/aromatic N) is 2. The average molecular weight is 281 g/mol. The van der Waals surface area contributed by atoms with Gasteiger partial charge in [-0.15, -0.1) is 0 Å². The van der Waals surface area contributed by atoms with E-state index in [-0.39, 0.29) is 0 Å². The molecule has 2 heterocycles. The summed E-state index contributed by atoms with van der Waals surface area (Å²) >= 11 is 0. The fraction of sp³-hybridized carbons (Fsp3) is 0.500. The molecule has 2 aliphatic rings. The van der Waals surface area contributed by atoms with Crippen LogP contribution in [0.25, 0.3) is 10.9 Å². The molecule has 1 aliphatic carbocycles. The van der Waals surface area contributed by atoms with Gasteiger partial charge in [-0.25, -0.2) is 0 Å². The fourth-order valence-corrected chi connectivity index (χ4v) is 4.34. The Balaban J connectivity index is 1.85. The number of anilines is 1. The zero-order valence-corrected chi connectivity index (χ0v) is 12.5. The summed E-state index contributed by atoms with van der Waals surface area (Å²) in [6, 6.07) is 9.20. The minimum absolute atomic E-state index is 0.570. The zero-order valence-electron chi connectivity index (χ0n) is 12.5. The molecule has 2 N–H and O–H groups in total. The molecule has 1 aromatic heterocycles. The lowest BCUT2D eigenvalue weighted by Gasteiger charge is -2.34. The minimum atomic E-state index is 0.570. The van der Waals surface area contributed by atoms with Crippen LogP contribution in [0.2, 0.25) is 0 Å². The van der Waals surface area contributed by atoms with E-state index < -0.39 is 0 Å². The van der Waals surface area contributed by atoms with Gasteiger partial charge in [-0.3, -0.25) is 4.98 Å². The number of benzene rings is 1. The summed E-state index contributed by atoms with van der Waals surface area (Å²) < 4.78 is 0. The molecule has 3 heteroatoms. The molecule has 3 nitrogen and oxygen atoms in total. The van der Waals surface area contributed by atoms with Gasteiger partial charge in [0.25, 0.3) is 0 Å². The predicted octanol–water partition coefficient (Wildman–Crippen LogP) is 3.46. The normalized spacial score (nSPS) is 25.3. The van der Waals surface area contributed by atoms with Gasteiger partial charge >= 0.3 is 0 Å². The van der Waals surface area contributed by atoms with E-state index in [0.717, 1.165) is 17.5 Å². The first-order chi connectivity index (χ1) is 10.4. The van der Waals surface area contributed by atoms with E-state index in [1.54, 1.807) is 0 Å². The first-order valence-electron chi connectivity index (χ1n) is 8.22. The van der Waals surface area contributed by atoms with E-state index in [0.29, 0.717) is 6.54 Å². The second-order valence-corrected chi connectivity index (χ2v) is 6.45. The largest absolute Gasteiger partial charge is 0.367 e. The molecule has 2 atom stereocenters. The van der Waals surface area contributed by atoms with E-state index in [1.807, 2.05) is 6.20 Å². The van der Waals surface area contributed by atoms with Gasteiger partial charge in [0.1, 0.15) is 0 Å². The van der Waals surface area contributed by atoms with Gasteiger partial charge in [-0.2, -0.15) is 0 Å². The van der Waals surface area contributed by atoms with Crippen molar-refractivity contribution in [1.82, 2.24) is 4.98 Å². The standard InChI is InChI=1S/C18H23N3/c19-11-14-12-20-16-7-3-2-6-15(16)18(14)21-10-9-13-5-1-4-8-17(13)21/h2-3,6-7,12-13,17H,1,4-5,8-11,19H2. The molecule has 21 heavy (non-hydrogen) atoms. The molecular formula is C18H23N3. The van der Waals surface area contributed by atoms with Gasteiger partial charge in [0.2, 0.25) is 0 Å². The van der Waals surface area contributed by atoms with Crippen LogP contribution < -0.4 is 10.6 Å². The Bertz CT molecular complexity index is 652. The number of aromatic nitrogens is 1. The Morgan fingerprint density at radius 1 is 1.14 bits per heavy atom. The third-order valence-electron chi connectivity index (χ3n) is 5.34. The van der Waals surface area contributed by atoms with E-state index >= 15 is 0 Å². The van der Waals surface area contributed by atoms with Crippen molar-refractivity contribution in [3.63, 3.8) is 0 Å². The van der Waals surface area contributed by atoms with Crippen LogP contribution in [0.3, 0.4) is 0 Å². The van der Waals surface area contributed by atoms with E-state index in [1.165, 1.54) is 55.3 Å². The quantitative estimate of drug-likeness (QED) is 0.916. The van der Waals surface area contributed by atoms with Crippen LogP contribution in [0, 0.1) is 5.92 Å². The summed E-state index contributed by atoms with van der Waals surface area (Å²) in [7, 11) is 0. The number of para-hydroxylation sites is 1. The summed E-state index contributed by atoms with van der Waals surface area (Å²) in [6.45, 7) is 1.75. The molecule has 0 amide bonds. The summed E-state index contributed by atoms with van der Waals surface area (Å²) in [4.78, 5) is 7.23. The number of hydrogen-bond donors (Lipinski definition) is 1. The highest BCUT2D eigenvalue weighted by molar-refractivity contribution is 5.93. The van der Waals surface area contributed by atoms with E-state index in [4.69, 9.17) is 5.73 Å². The molecule has 1 saturated carbocycles. The molecule has 4 rings (SSSR count). The lowest BCUT2D eigenvalue weighted by atomic mass is 9.85. The fourth-order valence-electron chi connectivity index (χ4n) is 4.34. The Labute approximate surface area is 126 Å². The second kappa shape index (κ2) is 5.30. The van der Waals surface area contributed by atoms with Crippen molar-refractivity contribution in [3.05, 3.63) is 36.0 Å². The van der Waals surface area contributed by atoms with Gasteiger partial charge in [-0.05, 0) is 31.2 Å². The first-order valence-corrected chi connectivity index (χ1v) is 8.22. The summed E-state index contributed by atoms with van der Waals surface area (Å²) in [5.74, 6) is 0.885. The molecular weight excluding hydrogens is 258 g/mol. The predicted molar refractivity (Wildman–Crippen MR) is 87.3 cm³/mol. The third-order valence-corrected chi connectivity index (χ3v) is 5.34. The third kappa shape index (κ3) is 2.11. The number of hydrogen-bond acceptors (Lipinski definition) is 3. The number of nitrogens with two attached hydrogens (primary N) is 1. The minimum Gasteiger partial charge on any atom is -0.367 e. The van der Waals surface area contributed by atoms with Crippen LogP contribution in [-0.2, 0) is 6.54 Å². The average Bonchev–Trinajstić information content (AvgIpc) is 2.97. The molecule has 1 saturated heterocycles. The van der Waals surface area contributed by atoms with Crippen LogP contribution >= 0.6 is 0 Å². The van der Waals surface area contributed by atoms with Crippen molar-refractivity contribution >= 4 is 16.6 Å².